The first-order valence-corrected chi connectivity index (χ1v) is 9.12. The van der Waals surface area contributed by atoms with Crippen molar-refractivity contribution in [2.24, 2.45) is 0 Å². The Bertz CT molecular complexity index is 883. The standard InChI is InChI=1S/C21H21FN2O3/c1-2-21-13-23(10-11-24(21)20(26)27-14-21)19(25)17-5-3-4-16(12-17)15-6-8-18(22)9-7-15/h3-9,12H,2,10-11,13-14H2,1H3. The summed E-state index contributed by atoms with van der Waals surface area (Å²) in [7, 11) is 0. The topological polar surface area (TPSA) is 49.9 Å². The van der Waals surface area contributed by atoms with Crippen molar-refractivity contribution in [3.05, 3.63) is 59.9 Å². The number of hydrogen-bond acceptors (Lipinski definition) is 3. The van der Waals surface area contributed by atoms with Gasteiger partial charge in [0, 0.05) is 25.2 Å². The Labute approximate surface area is 157 Å². The fourth-order valence-electron chi connectivity index (χ4n) is 3.89. The molecule has 0 radical (unpaired) electrons. The number of rotatable bonds is 3. The van der Waals surface area contributed by atoms with Crippen LogP contribution in [0.25, 0.3) is 11.1 Å². The first-order chi connectivity index (χ1) is 13.0. The maximum Gasteiger partial charge on any atom is 0.410 e. The highest BCUT2D eigenvalue weighted by atomic mass is 19.1. The van der Waals surface area contributed by atoms with E-state index in [0.29, 0.717) is 31.8 Å². The lowest BCUT2D eigenvalue weighted by Crippen LogP contribution is -2.62. The fraction of sp³-hybridized carbons (Fsp3) is 0.333. The summed E-state index contributed by atoms with van der Waals surface area (Å²) in [5.74, 6) is -0.354. The molecule has 1 unspecified atom stereocenters. The monoisotopic (exact) mass is 368 g/mol. The summed E-state index contributed by atoms with van der Waals surface area (Å²) >= 11 is 0. The maximum absolute atomic E-state index is 13.2. The Morgan fingerprint density at radius 2 is 1.93 bits per heavy atom. The average Bonchev–Trinajstić information content (AvgIpc) is 3.05. The van der Waals surface area contributed by atoms with Crippen LogP contribution in [0.3, 0.4) is 0 Å². The van der Waals surface area contributed by atoms with Crippen LogP contribution in [0.15, 0.2) is 48.5 Å². The molecular formula is C21H21FN2O3. The van der Waals surface area contributed by atoms with E-state index >= 15 is 0 Å². The number of nitrogens with zero attached hydrogens (tertiary/aromatic N) is 2. The van der Waals surface area contributed by atoms with Crippen molar-refractivity contribution in [3.63, 3.8) is 0 Å². The fourth-order valence-corrected chi connectivity index (χ4v) is 3.89. The van der Waals surface area contributed by atoms with E-state index in [1.54, 1.807) is 28.0 Å². The van der Waals surface area contributed by atoms with Crippen LogP contribution in [0, 0.1) is 5.82 Å². The summed E-state index contributed by atoms with van der Waals surface area (Å²) in [5.41, 5.74) is 1.88. The number of carbonyl (C=O) groups is 2. The van der Waals surface area contributed by atoms with Crippen LogP contribution in [0.5, 0.6) is 0 Å². The van der Waals surface area contributed by atoms with Crippen molar-refractivity contribution >= 4 is 12.0 Å². The van der Waals surface area contributed by atoms with Crippen molar-refractivity contribution in [3.8, 4) is 11.1 Å². The number of ether oxygens (including phenoxy) is 1. The lowest BCUT2D eigenvalue weighted by atomic mass is 9.92. The van der Waals surface area contributed by atoms with Gasteiger partial charge >= 0.3 is 6.09 Å². The largest absolute Gasteiger partial charge is 0.447 e. The van der Waals surface area contributed by atoms with Crippen molar-refractivity contribution < 1.29 is 18.7 Å². The maximum atomic E-state index is 13.2. The molecule has 2 heterocycles. The summed E-state index contributed by atoms with van der Waals surface area (Å²) in [6.45, 7) is 3.77. The highest BCUT2D eigenvalue weighted by molar-refractivity contribution is 5.95. The van der Waals surface area contributed by atoms with Gasteiger partial charge in [-0.25, -0.2) is 9.18 Å². The van der Waals surface area contributed by atoms with E-state index in [4.69, 9.17) is 4.74 Å². The van der Waals surface area contributed by atoms with Crippen molar-refractivity contribution in [2.45, 2.75) is 18.9 Å². The number of carbonyl (C=O) groups excluding carboxylic acids is 2. The number of fused-ring (bicyclic) bond motifs is 1. The number of halogens is 1. The third kappa shape index (κ3) is 3.05. The third-order valence-corrected chi connectivity index (χ3v) is 5.57. The van der Waals surface area contributed by atoms with Crippen LogP contribution in [0.1, 0.15) is 23.7 Å². The highest BCUT2D eigenvalue weighted by Crippen LogP contribution is 2.32. The lowest BCUT2D eigenvalue weighted by Gasteiger charge is -2.44. The molecule has 2 aromatic rings. The molecule has 0 aliphatic carbocycles. The third-order valence-electron chi connectivity index (χ3n) is 5.57. The number of benzene rings is 2. The quantitative estimate of drug-likeness (QED) is 0.833. The highest BCUT2D eigenvalue weighted by Gasteiger charge is 2.50. The van der Waals surface area contributed by atoms with E-state index in [9.17, 15) is 14.0 Å². The molecule has 2 saturated heterocycles. The second-order valence-corrected chi connectivity index (χ2v) is 7.10. The second-order valence-electron chi connectivity index (χ2n) is 7.10. The normalized spacial score (nSPS) is 21.8. The molecule has 2 fully saturated rings. The van der Waals surface area contributed by atoms with Gasteiger partial charge < -0.3 is 9.64 Å². The first kappa shape index (κ1) is 17.5. The SMILES string of the molecule is CCC12COC(=O)N1CCN(C(=O)c1cccc(-c3ccc(F)cc3)c1)C2. The molecule has 5 nitrogen and oxygen atoms in total. The van der Waals surface area contributed by atoms with Gasteiger partial charge in [0.2, 0.25) is 0 Å². The summed E-state index contributed by atoms with van der Waals surface area (Å²) in [5, 5.41) is 0. The van der Waals surface area contributed by atoms with Crippen molar-refractivity contribution in [2.75, 3.05) is 26.2 Å². The van der Waals surface area contributed by atoms with E-state index < -0.39 is 5.54 Å². The number of amides is 2. The summed E-state index contributed by atoms with van der Waals surface area (Å²) in [4.78, 5) is 28.6. The minimum Gasteiger partial charge on any atom is -0.447 e. The molecule has 140 valence electrons. The average molecular weight is 368 g/mol. The van der Waals surface area contributed by atoms with E-state index in [2.05, 4.69) is 0 Å². The van der Waals surface area contributed by atoms with Gasteiger partial charge in [0.1, 0.15) is 12.4 Å². The molecule has 4 rings (SSSR count). The Kier molecular flexibility index (Phi) is 4.34. The molecule has 0 N–H and O–H groups in total. The minimum absolute atomic E-state index is 0.0641. The number of cyclic esters (lactones) is 1. The zero-order valence-electron chi connectivity index (χ0n) is 15.2. The molecule has 0 bridgehead atoms. The lowest BCUT2D eigenvalue weighted by molar-refractivity contribution is 0.0362. The Morgan fingerprint density at radius 1 is 1.15 bits per heavy atom. The molecular weight excluding hydrogens is 347 g/mol. The van der Waals surface area contributed by atoms with Gasteiger partial charge in [-0.1, -0.05) is 31.2 Å². The molecule has 0 aromatic heterocycles. The van der Waals surface area contributed by atoms with Crippen LogP contribution in [0.2, 0.25) is 0 Å². The van der Waals surface area contributed by atoms with Gasteiger partial charge in [0.25, 0.3) is 5.91 Å². The molecule has 2 amide bonds. The van der Waals surface area contributed by atoms with E-state index in [1.807, 2.05) is 25.1 Å². The van der Waals surface area contributed by atoms with Crippen LogP contribution in [0.4, 0.5) is 9.18 Å². The van der Waals surface area contributed by atoms with Gasteiger partial charge in [-0.3, -0.25) is 9.69 Å². The molecule has 2 aliphatic rings. The number of piperazine rings is 1. The van der Waals surface area contributed by atoms with Crippen LogP contribution in [-0.4, -0.2) is 53.6 Å². The van der Waals surface area contributed by atoms with E-state index in [-0.39, 0.29) is 17.8 Å². The molecule has 6 heteroatoms. The molecule has 2 aliphatic heterocycles. The van der Waals surface area contributed by atoms with Crippen LogP contribution < -0.4 is 0 Å². The first-order valence-electron chi connectivity index (χ1n) is 9.12. The van der Waals surface area contributed by atoms with Crippen LogP contribution >= 0.6 is 0 Å². The smallest absolute Gasteiger partial charge is 0.410 e. The zero-order valence-corrected chi connectivity index (χ0v) is 15.2. The summed E-state index contributed by atoms with van der Waals surface area (Å²) < 4.78 is 18.4. The van der Waals surface area contributed by atoms with Gasteiger partial charge in [-0.15, -0.1) is 0 Å². The van der Waals surface area contributed by atoms with E-state index in [1.165, 1.54) is 12.1 Å². The summed E-state index contributed by atoms with van der Waals surface area (Å²) in [6.07, 6.45) is 0.445. The predicted molar refractivity (Wildman–Crippen MR) is 98.8 cm³/mol. The Morgan fingerprint density at radius 3 is 2.67 bits per heavy atom. The van der Waals surface area contributed by atoms with Crippen molar-refractivity contribution in [1.82, 2.24) is 9.80 Å². The van der Waals surface area contributed by atoms with Crippen molar-refractivity contribution in [1.29, 1.82) is 0 Å². The van der Waals surface area contributed by atoms with Crippen LogP contribution in [-0.2, 0) is 4.74 Å². The van der Waals surface area contributed by atoms with E-state index in [0.717, 1.165) is 17.5 Å². The van der Waals surface area contributed by atoms with Gasteiger partial charge in [-0.2, -0.15) is 0 Å². The predicted octanol–water partition coefficient (Wildman–Crippen LogP) is 3.55. The Balaban J connectivity index is 1.57. The molecule has 1 atom stereocenters. The zero-order chi connectivity index (χ0) is 19.0. The Hall–Kier alpha value is -2.89. The minimum atomic E-state index is -0.431. The molecule has 0 spiro atoms. The molecule has 0 saturated carbocycles. The molecule has 2 aromatic carbocycles. The summed E-state index contributed by atoms with van der Waals surface area (Å²) in [6, 6.07) is 13.6. The second kappa shape index (κ2) is 6.68. The number of hydrogen-bond donors (Lipinski definition) is 0. The van der Waals surface area contributed by atoms with Gasteiger partial charge in [-0.05, 0) is 41.8 Å². The van der Waals surface area contributed by atoms with Gasteiger partial charge in [0.15, 0.2) is 0 Å². The van der Waals surface area contributed by atoms with Gasteiger partial charge in [0.05, 0.1) is 5.54 Å². The molecule has 27 heavy (non-hydrogen) atoms.